The predicted molar refractivity (Wildman–Crippen MR) is 51.1 cm³/mol. The van der Waals surface area contributed by atoms with Crippen molar-refractivity contribution in [3.63, 3.8) is 0 Å². The van der Waals surface area contributed by atoms with Crippen molar-refractivity contribution in [2.24, 2.45) is 0 Å². The highest BCUT2D eigenvalue weighted by molar-refractivity contribution is 8.13. The number of hydrogen-bond acceptors (Lipinski definition) is 3. The Labute approximate surface area is 94.0 Å². The van der Waals surface area contributed by atoms with Gasteiger partial charge >= 0.3 is 6.61 Å². The van der Waals surface area contributed by atoms with E-state index in [9.17, 15) is 17.2 Å². The molecule has 0 fully saturated rings. The lowest BCUT2D eigenvalue weighted by Crippen LogP contribution is -2.02. The molecule has 15 heavy (non-hydrogen) atoms. The van der Waals surface area contributed by atoms with E-state index in [2.05, 4.69) is 4.74 Å². The number of benzene rings is 1. The van der Waals surface area contributed by atoms with Crippen LogP contribution in [0.25, 0.3) is 0 Å². The number of rotatable bonds is 3. The third-order valence-electron chi connectivity index (χ3n) is 1.35. The summed E-state index contributed by atoms with van der Waals surface area (Å²) < 4.78 is 49.4. The summed E-state index contributed by atoms with van der Waals surface area (Å²) in [6.45, 7) is -3.06. The van der Waals surface area contributed by atoms with Gasteiger partial charge in [-0.25, -0.2) is 8.42 Å². The molecule has 84 valence electrons. The average molecular weight is 277 g/mol. The molecular weight excluding hydrogens is 273 g/mol. The zero-order valence-corrected chi connectivity index (χ0v) is 9.28. The van der Waals surface area contributed by atoms with Crippen LogP contribution in [0.15, 0.2) is 23.1 Å². The molecule has 0 radical (unpaired) electrons. The largest absolute Gasteiger partial charge is 0.435 e. The quantitative estimate of drug-likeness (QED) is 0.798. The van der Waals surface area contributed by atoms with Crippen LogP contribution >= 0.6 is 22.3 Å². The van der Waals surface area contributed by atoms with Gasteiger partial charge in [0.15, 0.2) is 0 Å². The molecule has 0 spiro atoms. The molecule has 0 unspecified atom stereocenters. The summed E-state index contributed by atoms with van der Waals surface area (Å²) in [5.41, 5.74) is 0. The van der Waals surface area contributed by atoms with Crippen LogP contribution in [0.1, 0.15) is 0 Å². The van der Waals surface area contributed by atoms with Crippen LogP contribution in [-0.2, 0) is 9.05 Å². The Morgan fingerprint density at radius 1 is 1.27 bits per heavy atom. The van der Waals surface area contributed by atoms with E-state index in [1.807, 2.05) is 0 Å². The Morgan fingerprint density at radius 3 is 2.33 bits per heavy atom. The Balaban J connectivity index is 3.17. The smallest absolute Gasteiger partial charge is 0.387 e. The highest BCUT2D eigenvalue weighted by atomic mass is 35.7. The van der Waals surface area contributed by atoms with E-state index in [1.54, 1.807) is 0 Å². The molecule has 0 amide bonds. The molecule has 8 heteroatoms. The third-order valence-corrected chi connectivity index (χ3v) is 2.90. The lowest BCUT2D eigenvalue weighted by atomic mass is 10.3. The van der Waals surface area contributed by atoms with Crippen LogP contribution in [0.5, 0.6) is 5.75 Å². The Hall–Kier alpha value is -0.590. The molecule has 1 aromatic rings. The Morgan fingerprint density at radius 2 is 1.87 bits per heavy atom. The fourth-order valence-corrected chi connectivity index (χ4v) is 1.93. The molecular formula is C7H4Cl2F2O3S. The van der Waals surface area contributed by atoms with Gasteiger partial charge in [0.2, 0.25) is 0 Å². The van der Waals surface area contributed by atoms with Gasteiger partial charge in [0.05, 0.1) is 4.90 Å². The summed E-state index contributed by atoms with van der Waals surface area (Å²) in [6.07, 6.45) is 0. The maximum absolute atomic E-state index is 11.8. The molecule has 0 heterocycles. The highest BCUT2D eigenvalue weighted by Crippen LogP contribution is 2.27. The Bertz CT molecular complexity index is 461. The lowest BCUT2D eigenvalue weighted by Gasteiger charge is -2.06. The average Bonchev–Trinajstić information content (AvgIpc) is 1.99. The van der Waals surface area contributed by atoms with Crippen molar-refractivity contribution in [3.05, 3.63) is 23.2 Å². The zero-order valence-electron chi connectivity index (χ0n) is 6.95. The topological polar surface area (TPSA) is 43.4 Å². The van der Waals surface area contributed by atoms with Gasteiger partial charge in [-0.15, -0.1) is 0 Å². The summed E-state index contributed by atoms with van der Waals surface area (Å²) in [6, 6.07) is 2.95. The second kappa shape index (κ2) is 4.51. The van der Waals surface area contributed by atoms with Crippen LogP contribution in [0.2, 0.25) is 5.02 Å². The second-order valence-corrected chi connectivity index (χ2v) is 5.44. The van der Waals surface area contributed by atoms with Gasteiger partial charge in [-0.1, -0.05) is 11.6 Å². The van der Waals surface area contributed by atoms with Crippen molar-refractivity contribution < 1.29 is 21.9 Å². The normalized spacial score (nSPS) is 11.8. The molecule has 3 nitrogen and oxygen atoms in total. The summed E-state index contributed by atoms with van der Waals surface area (Å²) in [4.78, 5) is -0.396. The van der Waals surface area contributed by atoms with Crippen molar-refractivity contribution in [1.29, 1.82) is 0 Å². The number of ether oxygens (including phenoxy) is 1. The van der Waals surface area contributed by atoms with Gasteiger partial charge in [-0.3, -0.25) is 0 Å². The van der Waals surface area contributed by atoms with E-state index < -0.39 is 20.6 Å². The van der Waals surface area contributed by atoms with Gasteiger partial charge in [-0.2, -0.15) is 8.78 Å². The lowest BCUT2D eigenvalue weighted by molar-refractivity contribution is -0.0499. The fourth-order valence-electron chi connectivity index (χ4n) is 0.849. The number of halogens is 4. The minimum Gasteiger partial charge on any atom is -0.435 e. The van der Waals surface area contributed by atoms with E-state index in [-0.39, 0.29) is 10.8 Å². The molecule has 0 aliphatic rings. The molecule has 0 aromatic heterocycles. The van der Waals surface area contributed by atoms with Gasteiger partial charge in [0.25, 0.3) is 9.05 Å². The molecule has 0 saturated carbocycles. The van der Waals surface area contributed by atoms with E-state index in [1.165, 1.54) is 0 Å². The second-order valence-electron chi connectivity index (χ2n) is 2.44. The predicted octanol–water partition coefficient (Wildman–Crippen LogP) is 2.87. The van der Waals surface area contributed by atoms with Crippen molar-refractivity contribution >= 4 is 31.3 Å². The molecule has 0 aliphatic carbocycles. The highest BCUT2D eigenvalue weighted by Gasteiger charge is 2.14. The fraction of sp³-hybridized carbons (Fsp3) is 0.143. The molecule has 0 saturated heterocycles. The summed E-state index contributed by atoms with van der Waals surface area (Å²) in [7, 11) is 0.989. The monoisotopic (exact) mass is 276 g/mol. The van der Waals surface area contributed by atoms with Crippen molar-refractivity contribution in [2.45, 2.75) is 11.5 Å². The summed E-state index contributed by atoms with van der Waals surface area (Å²) in [5, 5.41) is -0.0626. The first-order valence-electron chi connectivity index (χ1n) is 3.49. The van der Waals surface area contributed by atoms with Crippen LogP contribution < -0.4 is 4.74 Å². The number of alkyl halides is 2. The van der Waals surface area contributed by atoms with Crippen LogP contribution in [0.4, 0.5) is 8.78 Å². The molecule has 0 N–H and O–H groups in total. The number of hydrogen-bond donors (Lipinski definition) is 0. The minimum absolute atomic E-state index is 0.0626. The summed E-state index contributed by atoms with van der Waals surface area (Å²) >= 11 is 5.49. The van der Waals surface area contributed by atoms with Crippen LogP contribution in [0, 0.1) is 0 Å². The first-order chi connectivity index (χ1) is 6.79. The minimum atomic E-state index is -4.02. The first kappa shape index (κ1) is 12.5. The van der Waals surface area contributed by atoms with Crippen molar-refractivity contribution in [1.82, 2.24) is 0 Å². The van der Waals surface area contributed by atoms with Crippen LogP contribution in [-0.4, -0.2) is 15.0 Å². The van der Waals surface area contributed by atoms with Gasteiger partial charge < -0.3 is 4.74 Å². The molecule has 1 rings (SSSR count). The van der Waals surface area contributed by atoms with E-state index >= 15 is 0 Å². The van der Waals surface area contributed by atoms with Gasteiger partial charge in [0.1, 0.15) is 5.75 Å². The maximum Gasteiger partial charge on any atom is 0.387 e. The standard InChI is InChI=1S/C7H4Cl2F2O3S/c8-4-1-5(14-7(10)11)3-6(2-4)15(9,12)13/h1-3,7H. The van der Waals surface area contributed by atoms with Crippen molar-refractivity contribution in [2.75, 3.05) is 0 Å². The SMILES string of the molecule is O=S(=O)(Cl)c1cc(Cl)cc(OC(F)F)c1. The Kier molecular flexibility index (Phi) is 3.75. The van der Waals surface area contributed by atoms with Crippen LogP contribution in [0.3, 0.4) is 0 Å². The molecule has 0 atom stereocenters. The maximum atomic E-state index is 11.8. The van der Waals surface area contributed by atoms with E-state index in [4.69, 9.17) is 22.3 Å². The molecule has 0 aliphatic heterocycles. The molecule has 0 bridgehead atoms. The van der Waals surface area contributed by atoms with E-state index in [0.717, 1.165) is 18.2 Å². The van der Waals surface area contributed by atoms with E-state index in [0.29, 0.717) is 0 Å². The molecule has 1 aromatic carbocycles. The van der Waals surface area contributed by atoms with Gasteiger partial charge in [-0.05, 0) is 12.1 Å². The third kappa shape index (κ3) is 3.81. The summed E-state index contributed by atoms with van der Waals surface area (Å²) in [5.74, 6) is -0.364. The van der Waals surface area contributed by atoms with Crippen molar-refractivity contribution in [3.8, 4) is 5.75 Å². The first-order valence-corrected chi connectivity index (χ1v) is 6.18. The van der Waals surface area contributed by atoms with Gasteiger partial charge in [0, 0.05) is 21.8 Å². The zero-order chi connectivity index (χ0) is 11.6.